The van der Waals surface area contributed by atoms with Crippen molar-refractivity contribution in [3.63, 3.8) is 0 Å². The molecule has 1 unspecified atom stereocenters. The highest BCUT2D eigenvalue weighted by Gasteiger charge is 2.23. The van der Waals surface area contributed by atoms with Crippen LogP contribution in [0.5, 0.6) is 0 Å². The van der Waals surface area contributed by atoms with Gasteiger partial charge < -0.3 is 5.32 Å². The number of rotatable bonds is 4. The third-order valence-electron chi connectivity index (χ3n) is 3.08. The Labute approximate surface area is 136 Å². The van der Waals surface area contributed by atoms with E-state index in [1.54, 1.807) is 18.0 Å². The maximum absolute atomic E-state index is 12.0. The number of thioether (sulfide) groups is 1. The van der Waals surface area contributed by atoms with E-state index >= 15 is 0 Å². The van der Waals surface area contributed by atoms with Crippen LogP contribution in [0.2, 0.25) is 5.02 Å². The highest BCUT2D eigenvalue weighted by Crippen LogP contribution is 2.23. The summed E-state index contributed by atoms with van der Waals surface area (Å²) in [4.78, 5) is 17.4. The Bertz CT molecular complexity index is 641. The number of carbonyl (C=O) groups excluding carboxylic acids is 1. The molecule has 1 aromatic carbocycles. The number of hydrogen-bond acceptors (Lipinski definition) is 5. The summed E-state index contributed by atoms with van der Waals surface area (Å²) in [6, 6.07) is 7.65. The monoisotopic (exact) mass is 339 g/mol. The highest BCUT2D eigenvalue weighted by atomic mass is 35.5. The molecular formula is C14H14ClN3OS2. The fraction of sp³-hybridized carbons (Fsp3) is 0.286. The van der Waals surface area contributed by atoms with E-state index in [2.05, 4.69) is 15.6 Å². The first-order valence-corrected chi connectivity index (χ1v) is 8.87. The number of amides is 1. The zero-order valence-corrected chi connectivity index (χ0v) is 13.5. The number of aromatic nitrogens is 1. The van der Waals surface area contributed by atoms with Crippen molar-refractivity contribution in [2.24, 2.45) is 0 Å². The molecule has 1 atom stereocenters. The van der Waals surface area contributed by atoms with Gasteiger partial charge in [-0.2, -0.15) is 0 Å². The van der Waals surface area contributed by atoms with E-state index in [1.807, 2.05) is 24.3 Å². The molecule has 1 aliphatic rings. The van der Waals surface area contributed by atoms with Gasteiger partial charge in [-0.05, 0) is 17.7 Å². The minimum absolute atomic E-state index is 0.0105. The van der Waals surface area contributed by atoms with Crippen molar-refractivity contribution >= 4 is 45.7 Å². The Morgan fingerprint density at radius 3 is 3.19 bits per heavy atom. The van der Waals surface area contributed by atoms with Crippen molar-refractivity contribution in [3.8, 4) is 0 Å². The van der Waals surface area contributed by atoms with Gasteiger partial charge in [0, 0.05) is 34.1 Å². The number of nitrogens with zero attached hydrogens (tertiary/aromatic N) is 1. The van der Waals surface area contributed by atoms with Crippen LogP contribution in [0.1, 0.15) is 10.4 Å². The molecule has 7 heteroatoms. The van der Waals surface area contributed by atoms with Crippen LogP contribution in [0.3, 0.4) is 0 Å². The first-order valence-electron chi connectivity index (χ1n) is 6.52. The Morgan fingerprint density at radius 2 is 2.43 bits per heavy atom. The summed E-state index contributed by atoms with van der Waals surface area (Å²) in [5.74, 6) is 1.63. The van der Waals surface area contributed by atoms with Crippen molar-refractivity contribution in [2.75, 3.05) is 16.9 Å². The van der Waals surface area contributed by atoms with E-state index < -0.39 is 0 Å². The number of carbonyl (C=O) groups is 1. The molecule has 1 fully saturated rings. The number of thiazole rings is 1. The van der Waals surface area contributed by atoms with Crippen molar-refractivity contribution in [1.29, 1.82) is 0 Å². The molecule has 1 saturated heterocycles. The molecule has 0 radical (unpaired) electrons. The Balaban J connectivity index is 1.62. The molecule has 3 rings (SSSR count). The lowest BCUT2D eigenvalue weighted by atomic mass is 10.1. The lowest BCUT2D eigenvalue weighted by Gasteiger charge is -2.07. The third-order valence-corrected chi connectivity index (χ3v) is 5.17. The summed E-state index contributed by atoms with van der Waals surface area (Å²) in [5.41, 5.74) is 1.14. The van der Waals surface area contributed by atoms with Gasteiger partial charge in [0.05, 0.1) is 6.04 Å². The van der Waals surface area contributed by atoms with Gasteiger partial charge in [-0.15, -0.1) is 23.1 Å². The van der Waals surface area contributed by atoms with E-state index in [1.165, 1.54) is 11.3 Å². The summed E-state index contributed by atoms with van der Waals surface area (Å²) in [7, 11) is 0. The van der Waals surface area contributed by atoms with Crippen LogP contribution in [0.25, 0.3) is 0 Å². The van der Waals surface area contributed by atoms with E-state index in [9.17, 15) is 4.79 Å². The second kappa shape index (κ2) is 6.79. The quantitative estimate of drug-likeness (QED) is 0.899. The fourth-order valence-electron chi connectivity index (χ4n) is 2.05. The fourth-order valence-corrected chi connectivity index (χ4v) is 4.06. The van der Waals surface area contributed by atoms with Gasteiger partial charge in [-0.25, -0.2) is 4.98 Å². The maximum Gasteiger partial charge on any atom is 0.244 e. The van der Waals surface area contributed by atoms with Crippen LogP contribution >= 0.6 is 34.7 Å². The molecule has 21 heavy (non-hydrogen) atoms. The standard InChI is InChI=1S/C14H14ClN3OS2/c15-10-3-1-2-9(4-10)5-11-6-16-14(21-11)18-13(19)12-7-20-8-17-12/h1-4,6,12,17H,5,7-8H2,(H,16,18,19). The van der Waals surface area contributed by atoms with E-state index in [4.69, 9.17) is 11.6 Å². The number of benzene rings is 1. The van der Waals surface area contributed by atoms with Gasteiger partial charge in [-0.1, -0.05) is 23.7 Å². The van der Waals surface area contributed by atoms with Crippen LogP contribution < -0.4 is 10.6 Å². The first kappa shape index (κ1) is 14.8. The zero-order chi connectivity index (χ0) is 14.7. The van der Waals surface area contributed by atoms with Gasteiger partial charge in [0.15, 0.2) is 5.13 Å². The predicted molar refractivity (Wildman–Crippen MR) is 89.3 cm³/mol. The predicted octanol–water partition coefficient (Wildman–Crippen LogP) is 2.99. The van der Waals surface area contributed by atoms with Crippen molar-refractivity contribution < 1.29 is 4.79 Å². The van der Waals surface area contributed by atoms with Gasteiger partial charge in [-0.3, -0.25) is 10.1 Å². The molecule has 2 N–H and O–H groups in total. The molecule has 2 aromatic rings. The van der Waals surface area contributed by atoms with Crippen LogP contribution in [0, 0.1) is 0 Å². The van der Waals surface area contributed by atoms with E-state index in [0.29, 0.717) is 5.13 Å². The molecule has 4 nitrogen and oxygen atoms in total. The highest BCUT2D eigenvalue weighted by molar-refractivity contribution is 7.99. The van der Waals surface area contributed by atoms with Gasteiger partial charge >= 0.3 is 0 Å². The number of hydrogen-bond donors (Lipinski definition) is 2. The average Bonchev–Trinajstić information content (AvgIpc) is 3.10. The molecule has 1 aromatic heterocycles. The maximum atomic E-state index is 12.0. The molecule has 0 aliphatic carbocycles. The molecule has 2 heterocycles. The molecular weight excluding hydrogens is 326 g/mol. The lowest BCUT2D eigenvalue weighted by Crippen LogP contribution is -2.37. The van der Waals surface area contributed by atoms with Crippen molar-refractivity contribution in [2.45, 2.75) is 12.5 Å². The average molecular weight is 340 g/mol. The van der Waals surface area contributed by atoms with Crippen molar-refractivity contribution in [3.05, 3.63) is 45.9 Å². The van der Waals surface area contributed by atoms with E-state index in [-0.39, 0.29) is 11.9 Å². The van der Waals surface area contributed by atoms with E-state index in [0.717, 1.165) is 33.5 Å². The summed E-state index contributed by atoms with van der Waals surface area (Å²) in [6.45, 7) is 0. The molecule has 110 valence electrons. The van der Waals surface area contributed by atoms with Gasteiger partial charge in [0.2, 0.25) is 5.91 Å². The second-order valence-corrected chi connectivity index (χ2v) is 7.28. The summed E-state index contributed by atoms with van der Waals surface area (Å²) in [6.07, 6.45) is 2.57. The van der Waals surface area contributed by atoms with Crippen LogP contribution in [0.4, 0.5) is 5.13 Å². The largest absolute Gasteiger partial charge is 0.301 e. The van der Waals surface area contributed by atoms with Crippen LogP contribution in [-0.4, -0.2) is 28.6 Å². The molecule has 0 saturated carbocycles. The van der Waals surface area contributed by atoms with Crippen LogP contribution in [0.15, 0.2) is 30.5 Å². The zero-order valence-electron chi connectivity index (χ0n) is 11.1. The Hall–Kier alpha value is -1.08. The van der Waals surface area contributed by atoms with Crippen molar-refractivity contribution in [1.82, 2.24) is 10.3 Å². The number of nitrogens with one attached hydrogen (secondary N) is 2. The Morgan fingerprint density at radius 1 is 1.52 bits per heavy atom. The van der Waals surface area contributed by atoms with Gasteiger partial charge in [0.1, 0.15) is 0 Å². The summed E-state index contributed by atoms with van der Waals surface area (Å²) >= 11 is 9.21. The normalized spacial score (nSPS) is 17.9. The summed E-state index contributed by atoms with van der Waals surface area (Å²) < 4.78 is 0. The molecule has 1 aliphatic heterocycles. The lowest BCUT2D eigenvalue weighted by molar-refractivity contribution is -0.117. The minimum atomic E-state index is -0.115. The number of halogens is 1. The smallest absolute Gasteiger partial charge is 0.244 e. The molecule has 0 spiro atoms. The van der Waals surface area contributed by atoms with Gasteiger partial charge in [0.25, 0.3) is 0 Å². The summed E-state index contributed by atoms with van der Waals surface area (Å²) in [5, 5.41) is 7.39. The SMILES string of the molecule is O=C(Nc1ncc(Cc2cccc(Cl)c2)s1)C1CSCN1. The topological polar surface area (TPSA) is 54.0 Å². The molecule has 0 bridgehead atoms. The molecule has 1 amide bonds. The third kappa shape index (κ3) is 3.97. The first-order chi connectivity index (χ1) is 10.2. The number of anilines is 1. The Kier molecular flexibility index (Phi) is 4.80. The van der Waals surface area contributed by atoms with Crippen LogP contribution in [-0.2, 0) is 11.2 Å². The second-order valence-electron chi connectivity index (χ2n) is 4.70. The minimum Gasteiger partial charge on any atom is -0.301 e.